The van der Waals surface area contributed by atoms with E-state index in [1.807, 2.05) is 20.8 Å². The van der Waals surface area contributed by atoms with Gasteiger partial charge in [-0.2, -0.15) is 9.97 Å². The van der Waals surface area contributed by atoms with E-state index in [-0.39, 0.29) is 22.9 Å². The number of nitrogens with zero attached hydrogens (tertiary/aromatic N) is 4. The van der Waals surface area contributed by atoms with Gasteiger partial charge in [-0.3, -0.25) is 4.79 Å². The fraction of sp³-hybridized carbons (Fsp3) is 0.562. The Labute approximate surface area is 139 Å². The van der Waals surface area contributed by atoms with Gasteiger partial charge in [-0.25, -0.2) is 4.79 Å². The molecule has 2 aromatic heterocycles. The van der Waals surface area contributed by atoms with Crippen molar-refractivity contribution in [1.82, 2.24) is 25.0 Å². The summed E-state index contributed by atoms with van der Waals surface area (Å²) in [5.74, 6) is 0.676. The molecule has 1 saturated heterocycles. The van der Waals surface area contributed by atoms with Crippen LogP contribution >= 0.6 is 0 Å². The number of H-pyrrole nitrogens is 1. The van der Waals surface area contributed by atoms with E-state index in [0.717, 1.165) is 12.8 Å². The molecule has 0 aromatic carbocycles. The Kier molecular flexibility index (Phi) is 4.21. The predicted octanol–water partition coefficient (Wildman–Crippen LogP) is 1.47. The molecule has 1 amide bonds. The normalized spacial score (nSPS) is 16.4. The first-order chi connectivity index (χ1) is 11.3. The smallest absolute Gasteiger partial charge is 0.343 e. The maximum absolute atomic E-state index is 12.7. The van der Waals surface area contributed by atoms with Gasteiger partial charge in [0.25, 0.3) is 5.91 Å². The maximum atomic E-state index is 12.7. The van der Waals surface area contributed by atoms with Crippen molar-refractivity contribution in [3.8, 4) is 0 Å². The second-order valence-corrected chi connectivity index (χ2v) is 7.09. The van der Waals surface area contributed by atoms with E-state index in [2.05, 4.69) is 20.1 Å². The lowest BCUT2D eigenvalue weighted by Crippen LogP contribution is -2.39. The fourth-order valence-electron chi connectivity index (χ4n) is 2.83. The summed E-state index contributed by atoms with van der Waals surface area (Å²) in [6.07, 6.45) is 2.85. The van der Waals surface area contributed by atoms with Crippen LogP contribution in [-0.4, -0.2) is 44.0 Å². The van der Waals surface area contributed by atoms with E-state index in [1.54, 1.807) is 11.0 Å². The zero-order chi connectivity index (χ0) is 17.3. The molecule has 0 atom stereocenters. The lowest BCUT2D eigenvalue weighted by Gasteiger charge is -2.30. The minimum atomic E-state index is -0.493. The number of piperidine rings is 1. The topological polar surface area (TPSA) is 105 Å². The fourth-order valence-corrected chi connectivity index (χ4v) is 2.83. The van der Waals surface area contributed by atoms with Gasteiger partial charge in [-0.05, 0) is 18.9 Å². The second kappa shape index (κ2) is 6.18. The predicted molar refractivity (Wildman–Crippen MR) is 85.7 cm³/mol. The summed E-state index contributed by atoms with van der Waals surface area (Å²) in [6, 6.07) is 1.68. The van der Waals surface area contributed by atoms with Crippen molar-refractivity contribution >= 4 is 5.91 Å². The molecular weight excluding hydrogens is 310 g/mol. The van der Waals surface area contributed by atoms with Crippen molar-refractivity contribution in [2.45, 2.75) is 44.9 Å². The molecule has 8 nitrogen and oxygen atoms in total. The van der Waals surface area contributed by atoms with Gasteiger partial charge in [0.1, 0.15) is 5.69 Å². The van der Waals surface area contributed by atoms with Crippen molar-refractivity contribution in [3.05, 3.63) is 40.2 Å². The summed E-state index contributed by atoms with van der Waals surface area (Å²) in [5.41, 5.74) is 0.143. The van der Waals surface area contributed by atoms with Crippen LogP contribution in [0, 0.1) is 0 Å². The Morgan fingerprint density at radius 2 is 2.04 bits per heavy atom. The minimum absolute atomic E-state index is 0.196. The highest BCUT2D eigenvalue weighted by Gasteiger charge is 2.28. The Morgan fingerprint density at radius 1 is 1.33 bits per heavy atom. The average molecular weight is 331 g/mol. The van der Waals surface area contributed by atoms with Crippen LogP contribution in [0.2, 0.25) is 0 Å². The van der Waals surface area contributed by atoms with Crippen molar-refractivity contribution in [1.29, 1.82) is 0 Å². The minimum Gasteiger partial charge on any atom is -0.343 e. The number of aromatic amines is 1. The summed E-state index contributed by atoms with van der Waals surface area (Å²) in [4.78, 5) is 36.8. The summed E-state index contributed by atoms with van der Waals surface area (Å²) >= 11 is 0. The molecule has 0 bridgehead atoms. The zero-order valence-corrected chi connectivity index (χ0v) is 14.1. The summed E-state index contributed by atoms with van der Waals surface area (Å²) < 4.78 is 4.78. The lowest BCUT2D eigenvalue weighted by atomic mass is 9.91. The first kappa shape index (κ1) is 16.4. The molecule has 1 aliphatic heterocycles. The number of aromatic nitrogens is 4. The van der Waals surface area contributed by atoms with E-state index in [0.29, 0.717) is 24.6 Å². The van der Waals surface area contributed by atoms with Crippen molar-refractivity contribution < 1.29 is 9.32 Å². The van der Waals surface area contributed by atoms with Gasteiger partial charge in [-0.15, -0.1) is 0 Å². The van der Waals surface area contributed by atoms with Crippen LogP contribution in [0.1, 0.15) is 61.5 Å². The molecule has 8 heteroatoms. The Bertz CT molecular complexity index is 768. The third-order valence-electron chi connectivity index (χ3n) is 4.30. The highest BCUT2D eigenvalue weighted by atomic mass is 16.5. The van der Waals surface area contributed by atoms with E-state index in [9.17, 15) is 9.59 Å². The molecule has 0 radical (unpaired) electrons. The standard InChI is InChI=1S/C16H21N5O3/c1-16(2,3)12-8-11(18-15(23)19-12)14(22)21-6-4-10(5-7-21)13-17-9-24-20-13/h8-10H,4-7H2,1-3H3,(H,18,19,23). The largest absolute Gasteiger partial charge is 0.345 e. The first-order valence-electron chi connectivity index (χ1n) is 8.02. The third-order valence-corrected chi connectivity index (χ3v) is 4.30. The first-order valence-corrected chi connectivity index (χ1v) is 8.02. The number of carbonyl (C=O) groups is 1. The number of rotatable bonds is 2. The Morgan fingerprint density at radius 3 is 2.62 bits per heavy atom. The molecule has 24 heavy (non-hydrogen) atoms. The molecule has 0 unspecified atom stereocenters. The average Bonchev–Trinajstić information content (AvgIpc) is 3.07. The van der Waals surface area contributed by atoms with Crippen molar-refractivity contribution in [2.75, 3.05) is 13.1 Å². The third kappa shape index (κ3) is 3.37. The number of likely N-dealkylation sites (tertiary alicyclic amines) is 1. The number of carbonyl (C=O) groups excluding carboxylic acids is 1. The van der Waals surface area contributed by atoms with Crippen LogP contribution < -0.4 is 5.69 Å². The molecule has 1 N–H and O–H groups in total. The molecule has 3 heterocycles. The van der Waals surface area contributed by atoms with Gasteiger partial charge >= 0.3 is 5.69 Å². The maximum Gasteiger partial charge on any atom is 0.345 e. The number of hydrogen-bond donors (Lipinski definition) is 1. The SMILES string of the molecule is CC(C)(C)c1cc(C(=O)N2CCC(c3ncon3)CC2)nc(=O)[nH]1. The van der Waals surface area contributed by atoms with E-state index >= 15 is 0 Å². The molecule has 1 aliphatic rings. The van der Waals surface area contributed by atoms with Crippen molar-refractivity contribution in [3.63, 3.8) is 0 Å². The van der Waals surface area contributed by atoms with E-state index in [4.69, 9.17) is 4.52 Å². The lowest BCUT2D eigenvalue weighted by molar-refractivity contribution is 0.0704. The van der Waals surface area contributed by atoms with Crippen molar-refractivity contribution in [2.24, 2.45) is 0 Å². The number of nitrogens with one attached hydrogen (secondary N) is 1. The molecule has 2 aromatic rings. The van der Waals surface area contributed by atoms with Gasteiger partial charge in [0, 0.05) is 30.1 Å². The van der Waals surface area contributed by atoms with Gasteiger partial charge in [0.2, 0.25) is 6.39 Å². The highest BCUT2D eigenvalue weighted by molar-refractivity contribution is 5.92. The summed E-state index contributed by atoms with van der Waals surface area (Å²) in [5, 5.41) is 3.87. The molecule has 0 saturated carbocycles. The Balaban J connectivity index is 1.74. The molecular formula is C16H21N5O3. The van der Waals surface area contributed by atoms with Crippen LogP contribution in [0.3, 0.4) is 0 Å². The number of amides is 1. The van der Waals surface area contributed by atoms with Gasteiger partial charge < -0.3 is 14.4 Å². The molecule has 0 aliphatic carbocycles. The quantitative estimate of drug-likeness (QED) is 0.893. The van der Waals surface area contributed by atoms with Crippen LogP contribution in [0.25, 0.3) is 0 Å². The second-order valence-electron chi connectivity index (χ2n) is 7.09. The van der Waals surface area contributed by atoms with Gasteiger partial charge in [0.15, 0.2) is 5.82 Å². The van der Waals surface area contributed by atoms with Crippen LogP contribution in [0.15, 0.2) is 21.8 Å². The van der Waals surface area contributed by atoms with E-state index < -0.39 is 5.69 Å². The van der Waals surface area contributed by atoms with Crippen LogP contribution in [0.5, 0.6) is 0 Å². The summed E-state index contributed by atoms with van der Waals surface area (Å²) in [7, 11) is 0. The molecule has 0 spiro atoms. The van der Waals surface area contributed by atoms with E-state index in [1.165, 1.54) is 6.39 Å². The molecule has 1 fully saturated rings. The van der Waals surface area contributed by atoms with Gasteiger partial charge in [0.05, 0.1) is 0 Å². The van der Waals surface area contributed by atoms with Crippen LogP contribution in [-0.2, 0) is 5.41 Å². The monoisotopic (exact) mass is 331 g/mol. The van der Waals surface area contributed by atoms with Crippen LogP contribution in [0.4, 0.5) is 0 Å². The van der Waals surface area contributed by atoms with Gasteiger partial charge in [-0.1, -0.05) is 25.9 Å². The molecule has 3 rings (SSSR count). The highest BCUT2D eigenvalue weighted by Crippen LogP contribution is 2.26. The Hall–Kier alpha value is -2.51. The zero-order valence-electron chi connectivity index (χ0n) is 14.1. The number of hydrogen-bond acceptors (Lipinski definition) is 6. The molecule has 128 valence electrons. The summed E-state index contributed by atoms with van der Waals surface area (Å²) in [6.45, 7) is 7.09.